The molecule has 5 nitrogen and oxygen atoms in total. The van der Waals surface area contributed by atoms with Crippen molar-refractivity contribution in [2.45, 2.75) is 33.2 Å². The lowest BCUT2D eigenvalue weighted by molar-refractivity contribution is -0.383. The maximum atomic E-state index is 10.7. The molecule has 0 aromatic heterocycles. The van der Waals surface area contributed by atoms with Crippen LogP contribution in [0.1, 0.15) is 27.2 Å². The predicted molar refractivity (Wildman–Crippen MR) is 70.3 cm³/mol. The van der Waals surface area contributed by atoms with Crippen molar-refractivity contribution in [1.29, 1.82) is 0 Å². The van der Waals surface area contributed by atoms with Gasteiger partial charge in [0.2, 0.25) is 0 Å². The molecule has 0 radical (unpaired) electrons. The summed E-state index contributed by atoms with van der Waals surface area (Å²) >= 11 is 0. The molecule has 0 aliphatic heterocycles. The first-order valence-corrected chi connectivity index (χ1v) is 5.78. The molecule has 0 spiro atoms. The van der Waals surface area contributed by atoms with Crippen LogP contribution in [0, 0.1) is 10.1 Å². The molecule has 0 saturated carbocycles. The first kappa shape index (κ1) is 13.3. The van der Waals surface area contributed by atoms with Crippen molar-refractivity contribution in [3.63, 3.8) is 0 Å². The summed E-state index contributed by atoms with van der Waals surface area (Å²) in [7, 11) is 0. The largest absolute Gasteiger partial charge is 0.393 e. The summed E-state index contributed by atoms with van der Waals surface area (Å²) in [5, 5.41) is 10.7. The molecule has 0 heterocycles. The summed E-state index contributed by atoms with van der Waals surface area (Å²) in [5.41, 5.74) is 6.81. The SMILES string of the molecule is CCCN(c1ccc([N+](=O)[O-])c(N)c1)C(C)C. The van der Waals surface area contributed by atoms with Crippen LogP contribution in [0.4, 0.5) is 17.1 Å². The molecule has 94 valence electrons. The minimum atomic E-state index is -0.460. The number of nitro benzene ring substituents is 1. The van der Waals surface area contributed by atoms with Gasteiger partial charge in [-0.1, -0.05) is 6.92 Å². The molecular weight excluding hydrogens is 218 g/mol. The van der Waals surface area contributed by atoms with Gasteiger partial charge in [-0.15, -0.1) is 0 Å². The Morgan fingerprint density at radius 1 is 1.47 bits per heavy atom. The third-order valence-electron chi connectivity index (χ3n) is 2.63. The lowest BCUT2D eigenvalue weighted by atomic mass is 10.2. The van der Waals surface area contributed by atoms with Gasteiger partial charge in [-0.05, 0) is 32.4 Å². The van der Waals surface area contributed by atoms with Crippen LogP contribution in [-0.4, -0.2) is 17.5 Å². The van der Waals surface area contributed by atoms with E-state index < -0.39 is 4.92 Å². The van der Waals surface area contributed by atoms with Gasteiger partial charge in [-0.2, -0.15) is 0 Å². The van der Waals surface area contributed by atoms with Crippen molar-refractivity contribution in [2.24, 2.45) is 0 Å². The summed E-state index contributed by atoms with van der Waals surface area (Å²) < 4.78 is 0. The van der Waals surface area contributed by atoms with E-state index >= 15 is 0 Å². The molecule has 1 rings (SSSR count). The van der Waals surface area contributed by atoms with E-state index in [1.807, 2.05) is 0 Å². The number of nitrogens with two attached hydrogens (primary N) is 1. The van der Waals surface area contributed by atoms with E-state index in [1.165, 1.54) is 6.07 Å². The molecular formula is C12H19N3O2. The fourth-order valence-electron chi connectivity index (χ4n) is 1.81. The van der Waals surface area contributed by atoms with Crippen molar-refractivity contribution in [3.05, 3.63) is 28.3 Å². The first-order valence-electron chi connectivity index (χ1n) is 5.78. The number of hydrogen-bond acceptors (Lipinski definition) is 4. The number of anilines is 2. The summed E-state index contributed by atoms with van der Waals surface area (Å²) in [5.74, 6) is 0. The van der Waals surface area contributed by atoms with E-state index in [2.05, 4.69) is 25.7 Å². The van der Waals surface area contributed by atoms with Gasteiger partial charge in [0.1, 0.15) is 5.69 Å². The van der Waals surface area contributed by atoms with Crippen LogP contribution in [0.15, 0.2) is 18.2 Å². The smallest absolute Gasteiger partial charge is 0.292 e. The zero-order valence-corrected chi connectivity index (χ0v) is 10.5. The van der Waals surface area contributed by atoms with E-state index in [0.29, 0.717) is 6.04 Å². The molecule has 17 heavy (non-hydrogen) atoms. The van der Waals surface area contributed by atoms with Crippen molar-refractivity contribution >= 4 is 17.1 Å². The third kappa shape index (κ3) is 3.09. The molecule has 0 aliphatic carbocycles. The normalized spacial score (nSPS) is 10.6. The Hall–Kier alpha value is -1.78. The number of rotatable bonds is 5. The molecule has 0 bridgehead atoms. The predicted octanol–water partition coefficient (Wildman–Crippen LogP) is 2.80. The molecule has 0 amide bonds. The van der Waals surface area contributed by atoms with E-state index in [-0.39, 0.29) is 11.4 Å². The monoisotopic (exact) mass is 237 g/mol. The summed E-state index contributed by atoms with van der Waals surface area (Å²) in [4.78, 5) is 12.4. The second-order valence-electron chi connectivity index (χ2n) is 4.29. The van der Waals surface area contributed by atoms with Crippen LogP contribution in [0.25, 0.3) is 0 Å². The minimum Gasteiger partial charge on any atom is -0.393 e. The Morgan fingerprint density at radius 3 is 2.53 bits per heavy atom. The Bertz CT molecular complexity index is 405. The van der Waals surface area contributed by atoms with Gasteiger partial charge in [0.25, 0.3) is 5.69 Å². The van der Waals surface area contributed by atoms with Gasteiger partial charge >= 0.3 is 0 Å². The Balaban J connectivity index is 3.06. The molecule has 1 aromatic rings. The maximum Gasteiger partial charge on any atom is 0.292 e. The van der Waals surface area contributed by atoms with Crippen molar-refractivity contribution in [2.75, 3.05) is 17.2 Å². The van der Waals surface area contributed by atoms with E-state index in [1.54, 1.807) is 12.1 Å². The van der Waals surface area contributed by atoms with Gasteiger partial charge in [-0.3, -0.25) is 10.1 Å². The molecule has 2 N–H and O–H groups in total. The number of hydrogen-bond donors (Lipinski definition) is 1. The molecule has 0 atom stereocenters. The van der Waals surface area contributed by atoms with E-state index in [4.69, 9.17) is 5.73 Å². The number of nitrogens with zero attached hydrogens (tertiary/aromatic N) is 2. The third-order valence-corrected chi connectivity index (χ3v) is 2.63. The summed E-state index contributed by atoms with van der Waals surface area (Å²) in [6.07, 6.45) is 1.02. The van der Waals surface area contributed by atoms with Crippen LogP contribution < -0.4 is 10.6 Å². The van der Waals surface area contributed by atoms with Gasteiger partial charge in [0, 0.05) is 24.3 Å². The minimum absolute atomic E-state index is 0.0334. The van der Waals surface area contributed by atoms with E-state index in [0.717, 1.165) is 18.7 Å². The lowest BCUT2D eigenvalue weighted by Crippen LogP contribution is -2.31. The quantitative estimate of drug-likeness (QED) is 0.485. The van der Waals surface area contributed by atoms with Crippen LogP contribution in [-0.2, 0) is 0 Å². The summed E-state index contributed by atoms with van der Waals surface area (Å²) in [6.45, 7) is 7.19. The highest BCUT2D eigenvalue weighted by molar-refractivity contribution is 5.66. The zero-order valence-electron chi connectivity index (χ0n) is 10.5. The number of nitrogen functional groups attached to an aromatic ring is 1. The highest BCUT2D eigenvalue weighted by atomic mass is 16.6. The standard InChI is InChI=1S/C12H19N3O2/c1-4-7-14(9(2)3)10-5-6-12(15(16)17)11(13)8-10/h5-6,8-9H,4,7,13H2,1-3H3. The Labute approximate surface area is 101 Å². The van der Waals surface area contributed by atoms with Crippen molar-refractivity contribution in [3.8, 4) is 0 Å². The second-order valence-corrected chi connectivity index (χ2v) is 4.29. The molecule has 0 aliphatic rings. The fourth-order valence-corrected chi connectivity index (χ4v) is 1.81. The highest BCUT2D eigenvalue weighted by Gasteiger charge is 2.15. The average molecular weight is 237 g/mol. The van der Waals surface area contributed by atoms with Crippen LogP contribution in [0.2, 0.25) is 0 Å². The Morgan fingerprint density at radius 2 is 2.12 bits per heavy atom. The first-order chi connectivity index (χ1) is 7.97. The van der Waals surface area contributed by atoms with Crippen LogP contribution >= 0.6 is 0 Å². The van der Waals surface area contributed by atoms with Crippen LogP contribution in [0.5, 0.6) is 0 Å². The fraction of sp³-hybridized carbons (Fsp3) is 0.500. The lowest BCUT2D eigenvalue weighted by Gasteiger charge is -2.28. The summed E-state index contributed by atoms with van der Waals surface area (Å²) in [6, 6.07) is 5.24. The van der Waals surface area contributed by atoms with Gasteiger partial charge < -0.3 is 10.6 Å². The van der Waals surface area contributed by atoms with Gasteiger partial charge in [-0.25, -0.2) is 0 Å². The topological polar surface area (TPSA) is 72.4 Å². The van der Waals surface area contributed by atoms with Gasteiger partial charge in [0.15, 0.2) is 0 Å². The Kier molecular flexibility index (Phi) is 4.31. The number of nitro groups is 1. The zero-order chi connectivity index (χ0) is 13.0. The second kappa shape index (κ2) is 5.52. The van der Waals surface area contributed by atoms with Crippen molar-refractivity contribution in [1.82, 2.24) is 0 Å². The maximum absolute atomic E-state index is 10.7. The van der Waals surface area contributed by atoms with E-state index in [9.17, 15) is 10.1 Å². The van der Waals surface area contributed by atoms with Crippen LogP contribution in [0.3, 0.4) is 0 Å². The molecule has 0 saturated heterocycles. The molecule has 5 heteroatoms. The highest BCUT2D eigenvalue weighted by Crippen LogP contribution is 2.27. The number of benzene rings is 1. The molecule has 0 unspecified atom stereocenters. The molecule has 1 aromatic carbocycles. The molecule has 0 fully saturated rings. The average Bonchev–Trinajstić information content (AvgIpc) is 2.24. The van der Waals surface area contributed by atoms with Crippen molar-refractivity contribution < 1.29 is 4.92 Å². The van der Waals surface area contributed by atoms with Gasteiger partial charge in [0.05, 0.1) is 4.92 Å².